The summed E-state index contributed by atoms with van der Waals surface area (Å²) in [6.07, 6.45) is 0. The first kappa shape index (κ1) is 13.1. The second kappa shape index (κ2) is 4.52. The molecule has 0 aliphatic heterocycles. The molecule has 6 heteroatoms. The summed E-state index contributed by atoms with van der Waals surface area (Å²) in [4.78, 5) is 3.67. The van der Waals surface area contributed by atoms with Gasteiger partial charge in [-0.05, 0) is 31.5 Å². The summed E-state index contributed by atoms with van der Waals surface area (Å²) in [6, 6.07) is 3.05. The van der Waals surface area contributed by atoms with E-state index in [1.807, 2.05) is 0 Å². The van der Waals surface area contributed by atoms with Crippen LogP contribution in [0, 0.1) is 13.8 Å². The van der Waals surface area contributed by atoms with Gasteiger partial charge in [-0.1, -0.05) is 0 Å². The minimum absolute atomic E-state index is 0. The monoisotopic (exact) mass is 210 g/mol. The average Bonchev–Trinajstić information content (AvgIpc) is 1.82. The Labute approximate surface area is 99.4 Å². The Hall–Kier alpha value is 0.0600. The van der Waals surface area contributed by atoms with Crippen LogP contribution in [0.3, 0.4) is 0 Å². The van der Waals surface area contributed by atoms with E-state index in [-0.39, 0.29) is 34.6 Å². The van der Waals surface area contributed by atoms with Crippen molar-refractivity contribution in [3.63, 3.8) is 0 Å². The summed E-state index contributed by atoms with van der Waals surface area (Å²) in [5, 5.41) is -0.292. The summed E-state index contributed by atoms with van der Waals surface area (Å²) < 4.78 is 29.9. The van der Waals surface area contributed by atoms with Crippen molar-refractivity contribution >= 4 is 39.7 Å². The number of hydrogen-bond acceptors (Lipinski definition) is 3. The van der Waals surface area contributed by atoms with Crippen molar-refractivity contribution in [1.82, 2.24) is 4.98 Å². The Bertz CT molecular complexity index is 382. The summed E-state index contributed by atoms with van der Waals surface area (Å²) >= 11 is 0. The van der Waals surface area contributed by atoms with Crippen LogP contribution < -0.4 is 0 Å². The molecule has 0 atom stereocenters. The molecule has 0 saturated carbocycles. The van der Waals surface area contributed by atoms with Gasteiger partial charge in [0.2, 0.25) is 0 Å². The first-order valence-electron chi connectivity index (χ1n) is 3.32. The fourth-order valence-corrected chi connectivity index (χ4v) is 1.53. The van der Waals surface area contributed by atoms with E-state index in [1.165, 1.54) is 6.07 Å². The molecule has 1 heterocycles. The van der Waals surface area contributed by atoms with Crippen LogP contribution in [-0.4, -0.2) is 47.5 Å². The van der Waals surface area contributed by atoms with E-state index in [0.29, 0.717) is 5.69 Å². The molecule has 4 nitrogen and oxygen atoms in total. The van der Waals surface area contributed by atoms with Crippen LogP contribution >= 0.6 is 0 Å². The molecular formula is C7H9NNaO3S. The molecule has 1 aromatic heterocycles. The van der Waals surface area contributed by atoms with E-state index >= 15 is 0 Å². The Morgan fingerprint density at radius 1 is 1.31 bits per heavy atom. The van der Waals surface area contributed by atoms with Gasteiger partial charge in [0, 0.05) is 35.3 Å². The molecular weight excluding hydrogens is 201 g/mol. The van der Waals surface area contributed by atoms with Crippen LogP contribution in [-0.2, 0) is 10.1 Å². The molecule has 0 unspecified atom stereocenters. The van der Waals surface area contributed by atoms with E-state index in [1.54, 1.807) is 19.9 Å². The number of nitrogens with zero attached hydrogens (tertiary/aromatic N) is 1. The van der Waals surface area contributed by atoms with Crippen LogP contribution in [0.5, 0.6) is 0 Å². The van der Waals surface area contributed by atoms with Gasteiger partial charge in [-0.2, -0.15) is 8.42 Å². The predicted molar refractivity (Wildman–Crippen MR) is 49.3 cm³/mol. The number of hydrogen-bond donors (Lipinski definition) is 1. The zero-order chi connectivity index (χ0) is 9.35. The maximum absolute atomic E-state index is 10.6. The van der Waals surface area contributed by atoms with Gasteiger partial charge in [0.1, 0.15) is 0 Å². The van der Waals surface area contributed by atoms with E-state index in [9.17, 15) is 8.42 Å². The average molecular weight is 210 g/mol. The number of aromatic nitrogens is 1. The molecule has 1 rings (SSSR count). The zero-order valence-electron chi connectivity index (χ0n) is 7.77. The maximum atomic E-state index is 10.6. The fourth-order valence-electron chi connectivity index (χ4n) is 0.936. The topological polar surface area (TPSA) is 67.3 Å². The molecule has 1 N–H and O–H groups in total. The Morgan fingerprint density at radius 2 is 1.85 bits per heavy atom. The summed E-state index contributed by atoms with van der Waals surface area (Å²) in [5.41, 5.74) is 1.33. The molecule has 0 bridgehead atoms. The van der Waals surface area contributed by atoms with Crippen molar-refractivity contribution in [3.8, 4) is 0 Å². The molecule has 0 amide bonds. The summed E-state index contributed by atoms with van der Waals surface area (Å²) in [7, 11) is -4.16. The van der Waals surface area contributed by atoms with Gasteiger partial charge in [-0.3, -0.25) is 4.55 Å². The van der Waals surface area contributed by atoms with Gasteiger partial charge in [0.05, 0.1) is 0 Å². The first-order valence-corrected chi connectivity index (χ1v) is 4.76. The summed E-state index contributed by atoms with van der Waals surface area (Å²) in [5.74, 6) is 0. The second-order valence-corrected chi connectivity index (χ2v) is 3.97. The third-order valence-corrected chi connectivity index (χ3v) is 2.08. The van der Waals surface area contributed by atoms with Crippen LogP contribution in [0.1, 0.15) is 11.3 Å². The van der Waals surface area contributed by atoms with Gasteiger partial charge in [0.15, 0.2) is 5.03 Å². The van der Waals surface area contributed by atoms with Gasteiger partial charge in [-0.25, -0.2) is 4.98 Å². The quantitative estimate of drug-likeness (QED) is 0.543. The molecule has 13 heavy (non-hydrogen) atoms. The minimum Gasteiger partial charge on any atom is -0.281 e. The number of pyridine rings is 1. The van der Waals surface area contributed by atoms with E-state index in [2.05, 4.69) is 4.98 Å². The third kappa shape index (κ3) is 3.74. The first-order chi connectivity index (χ1) is 5.39. The number of rotatable bonds is 1. The minimum atomic E-state index is -4.16. The Morgan fingerprint density at radius 3 is 2.23 bits per heavy atom. The van der Waals surface area contributed by atoms with Crippen molar-refractivity contribution in [2.24, 2.45) is 0 Å². The van der Waals surface area contributed by atoms with Crippen LogP contribution in [0.15, 0.2) is 17.2 Å². The molecule has 0 aliphatic carbocycles. The normalized spacial score (nSPS) is 10.7. The van der Waals surface area contributed by atoms with E-state index in [4.69, 9.17) is 4.55 Å². The molecule has 1 radical (unpaired) electrons. The maximum Gasteiger partial charge on any atom is 0.312 e. The van der Waals surface area contributed by atoms with Crippen LogP contribution in [0.4, 0.5) is 0 Å². The van der Waals surface area contributed by atoms with Gasteiger partial charge in [-0.15, -0.1) is 0 Å². The van der Waals surface area contributed by atoms with E-state index < -0.39 is 10.1 Å². The molecule has 0 saturated heterocycles. The molecule has 0 aromatic carbocycles. The predicted octanol–water partition coefficient (Wildman–Crippen LogP) is 0.564. The number of aryl methyl sites for hydroxylation is 2. The Kier molecular flexibility index (Phi) is 4.54. The standard InChI is InChI=1S/C7H9NO3S.Na/c1-5-3-6(2)8-7(4-5)12(9,10)11;/h3-4H,1-2H3,(H,9,10,11);. The van der Waals surface area contributed by atoms with Crippen molar-refractivity contribution < 1.29 is 13.0 Å². The SMILES string of the molecule is Cc1cc(C)nc(S(=O)(=O)O)c1.[Na]. The molecule has 0 fully saturated rings. The molecule has 1 aromatic rings. The Balaban J connectivity index is 0.00000144. The van der Waals surface area contributed by atoms with Crippen LogP contribution in [0.25, 0.3) is 0 Å². The summed E-state index contributed by atoms with van der Waals surface area (Å²) in [6.45, 7) is 3.41. The smallest absolute Gasteiger partial charge is 0.281 e. The molecule has 0 spiro atoms. The van der Waals surface area contributed by atoms with Gasteiger partial charge >= 0.3 is 10.1 Å². The van der Waals surface area contributed by atoms with E-state index in [0.717, 1.165) is 5.56 Å². The van der Waals surface area contributed by atoms with Gasteiger partial charge in [0.25, 0.3) is 0 Å². The third-order valence-electron chi connectivity index (χ3n) is 1.34. The van der Waals surface area contributed by atoms with Gasteiger partial charge < -0.3 is 0 Å². The zero-order valence-corrected chi connectivity index (χ0v) is 10.6. The fraction of sp³-hybridized carbons (Fsp3) is 0.286. The largest absolute Gasteiger partial charge is 0.312 e. The molecule has 0 aliphatic rings. The second-order valence-electron chi connectivity index (χ2n) is 2.60. The van der Waals surface area contributed by atoms with Crippen molar-refractivity contribution in [2.45, 2.75) is 18.9 Å². The van der Waals surface area contributed by atoms with Crippen molar-refractivity contribution in [2.75, 3.05) is 0 Å². The van der Waals surface area contributed by atoms with Crippen molar-refractivity contribution in [1.29, 1.82) is 0 Å². The van der Waals surface area contributed by atoms with Crippen molar-refractivity contribution in [3.05, 3.63) is 23.4 Å². The van der Waals surface area contributed by atoms with Crippen LogP contribution in [0.2, 0.25) is 0 Å². The molecule has 67 valence electrons.